The van der Waals surface area contributed by atoms with Crippen LogP contribution in [0.25, 0.3) is 21.8 Å². The fourth-order valence-electron chi connectivity index (χ4n) is 3.91. The highest BCUT2D eigenvalue weighted by molar-refractivity contribution is 7.89. The lowest BCUT2D eigenvalue weighted by Crippen LogP contribution is -2.29. The van der Waals surface area contributed by atoms with E-state index in [1.54, 1.807) is 0 Å². The van der Waals surface area contributed by atoms with Crippen molar-refractivity contribution in [3.8, 4) is 0 Å². The number of aromatic nitrogens is 1. The van der Waals surface area contributed by atoms with Crippen LogP contribution < -0.4 is 4.72 Å². The lowest BCUT2D eigenvalue weighted by molar-refractivity contribution is -0.117. The molecule has 0 atom stereocenters. The van der Waals surface area contributed by atoms with E-state index in [1.807, 2.05) is 49.4 Å². The van der Waals surface area contributed by atoms with Crippen molar-refractivity contribution in [3.63, 3.8) is 0 Å². The quantitative estimate of drug-likeness (QED) is 0.542. The number of nitrogens with zero attached hydrogens (tertiary/aromatic N) is 1. The van der Waals surface area contributed by atoms with E-state index >= 15 is 0 Å². The molecule has 1 amide bonds. The Morgan fingerprint density at radius 2 is 1.62 bits per heavy atom. The van der Waals surface area contributed by atoms with E-state index in [0.717, 1.165) is 27.4 Å². The molecule has 0 bridgehead atoms. The van der Waals surface area contributed by atoms with E-state index in [4.69, 9.17) is 0 Å². The Balaban J connectivity index is 1.91. The predicted octanol–water partition coefficient (Wildman–Crippen LogP) is 4.12. The van der Waals surface area contributed by atoms with Gasteiger partial charge in [-0.05, 0) is 29.7 Å². The van der Waals surface area contributed by atoms with Crippen LogP contribution in [0, 0.1) is 6.92 Å². The van der Waals surface area contributed by atoms with Gasteiger partial charge in [-0.3, -0.25) is 9.52 Å². The Morgan fingerprint density at radius 1 is 0.931 bits per heavy atom. The van der Waals surface area contributed by atoms with Gasteiger partial charge in [0.2, 0.25) is 15.9 Å². The zero-order chi connectivity index (χ0) is 20.6. The first-order valence-electron chi connectivity index (χ1n) is 9.40. The van der Waals surface area contributed by atoms with Crippen LogP contribution in [-0.4, -0.2) is 18.9 Å². The molecule has 0 fully saturated rings. The molecular weight excluding hydrogens is 384 g/mol. The molecule has 0 radical (unpaired) electrons. The van der Waals surface area contributed by atoms with Crippen molar-refractivity contribution in [2.24, 2.45) is 0 Å². The maximum atomic E-state index is 12.3. The van der Waals surface area contributed by atoms with Gasteiger partial charge in [0, 0.05) is 29.8 Å². The summed E-state index contributed by atoms with van der Waals surface area (Å²) in [6.07, 6.45) is 0. The first-order chi connectivity index (χ1) is 13.9. The van der Waals surface area contributed by atoms with E-state index in [1.165, 1.54) is 12.5 Å². The smallest absolute Gasteiger partial charge is 0.239 e. The maximum absolute atomic E-state index is 12.3. The number of carbonyl (C=O) groups is 1. The van der Waals surface area contributed by atoms with Crippen LogP contribution in [0.5, 0.6) is 0 Å². The van der Waals surface area contributed by atoms with Crippen molar-refractivity contribution in [2.45, 2.75) is 26.1 Å². The molecule has 0 aliphatic carbocycles. The molecule has 148 valence electrons. The zero-order valence-electron chi connectivity index (χ0n) is 16.3. The Kier molecular flexibility index (Phi) is 4.88. The number of hydrogen-bond acceptors (Lipinski definition) is 3. The minimum atomic E-state index is -3.74. The number of aryl methyl sites for hydroxylation is 1. The van der Waals surface area contributed by atoms with Gasteiger partial charge in [-0.1, -0.05) is 60.7 Å². The largest absolute Gasteiger partial charge is 0.336 e. The van der Waals surface area contributed by atoms with Crippen LogP contribution in [0.15, 0.2) is 66.7 Å². The van der Waals surface area contributed by atoms with Gasteiger partial charge in [0.05, 0.1) is 11.3 Å². The van der Waals surface area contributed by atoms with Gasteiger partial charge in [0.15, 0.2) is 0 Å². The highest BCUT2D eigenvalue weighted by atomic mass is 32.2. The Hall–Kier alpha value is -3.12. The van der Waals surface area contributed by atoms with E-state index in [9.17, 15) is 13.2 Å². The number of amides is 1. The summed E-state index contributed by atoms with van der Waals surface area (Å²) in [5, 5.41) is 2.23. The van der Waals surface area contributed by atoms with Gasteiger partial charge in [0.1, 0.15) is 0 Å². The molecule has 0 unspecified atom stereocenters. The summed E-state index contributed by atoms with van der Waals surface area (Å²) in [6.45, 7) is 3.83. The highest BCUT2D eigenvalue weighted by Crippen LogP contribution is 2.33. The molecular formula is C23H22N2O3S. The summed E-state index contributed by atoms with van der Waals surface area (Å²) in [5.41, 5.74) is 4.89. The van der Waals surface area contributed by atoms with Crippen molar-refractivity contribution in [2.75, 3.05) is 0 Å². The standard InChI is InChI=1S/C23H22N2O3S/c1-16-19(15-29(27,28)24-17(2)26)12-13-21-20-10-6-7-11-22(20)25(23(16)21)14-18-8-4-3-5-9-18/h3-13H,14-15H2,1-2H3,(H,24,26). The molecule has 0 aliphatic heterocycles. The Morgan fingerprint density at radius 3 is 2.34 bits per heavy atom. The molecule has 1 N–H and O–H groups in total. The minimum Gasteiger partial charge on any atom is -0.336 e. The summed E-state index contributed by atoms with van der Waals surface area (Å²) in [5.74, 6) is -0.816. The Bertz CT molecular complexity index is 1320. The summed E-state index contributed by atoms with van der Waals surface area (Å²) in [7, 11) is -3.74. The monoisotopic (exact) mass is 406 g/mol. The van der Waals surface area contributed by atoms with Crippen LogP contribution in [0.4, 0.5) is 0 Å². The molecule has 5 nitrogen and oxygen atoms in total. The van der Waals surface area contributed by atoms with Gasteiger partial charge in [-0.2, -0.15) is 0 Å². The average molecular weight is 407 g/mol. The number of hydrogen-bond donors (Lipinski definition) is 1. The van der Waals surface area contributed by atoms with Gasteiger partial charge < -0.3 is 4.57 Å². The van der Waals surface area contributed by atoms with Crippen LogP contribution in [-0.2, 0) is 27.1 Å². The summed E-state index contributed by atoms with van der Waals surface area (Å²) >= 11 is 0. The van der Waals surface area contributed by atoms with Gasteiger partial charge >= 0.3 is 0 Å². The van der Waals surface area contributed by atoms with E-state index in [2.05, 4.69) is 33.6 Å². The molecule has 1 heterocycles. The van der Waals surface area contributed by atoms with Crippen molar-refractivity contribution >= 4 is 37.7 Å². The second-order valence-electron chi connectivity index (χ2n) is 7.25. The third kappa shape index (κ3) is 3.76. The topological polar surface area (TPSA) is 68.2 Å². The summed E-state index contributed by atoms with van der Waals surface area (Å²) in [4.78, 5) is 11.2. The number of sulfonamides is 1. The van der Waals surface area contributed by atoms with Crippen LogP contribution in [0.2, 0.25) is 0 Å². The second kappa shape index (κ2) is 7.37. The zero-order valence-corrected chi connectivity index (χ0v) is 17.2. The summed E-state index contributed by atoms with van der Waals surface area (Å²) < 4.78 is 28.9. The average Bonchev–Trinajstić information content (AvgIpc) is 2.98. The van der Waals surface area contributed by atoms with E-state index < -0.39 is 15.9 Å². The lowest BCUT2D eigenvalue weighted by atomic mass is 10.0. The normalized spacial score (nSPS) is 11.8. The fraction of sp³-hybridized carbons (Fsp3) is 0.174. The molecule has 0 saturated heterocycles. The third-order valence-corrected chi connectivity index (χ3v) is 6.42. The fourth-order valence-corrected chi connectivity index (χ4v) is 5.14. The molecule has 4 rings (SSSR count). The second-order valence-corrected chi connectivity index (χ2v) is 8.97. The van der Waals surface area contributed by atoms with Crippen LogP contribution in [0.1, 0.15) is 23.6 Å². The van der Waals surface area contributed by atoms with Crippen molar-refractivity contribution in [1.82, 2.24) is 9.29 Å². The number of rotatable bonds is 5. The Labute approximate surface area is 170 Å². The number of fused-ring (bicyclic) bond motifs is 3. The number of nitrogens with one attached hydrogen (secondary N) is 1. The third-order valence-electron chi connectivity index (χ3n) is 5.13. The molecule has 0 saturated carbocycles. The van der Waals surface area contributed by atoms with Crippen LogP contribution >= 0.6 is 0 Å². The number of benzene rings is 3. The van der Waals surface area contributed by atoms with Gasteiger partial charge in [-0.15, -0.1) is 0 Å². The first-order valence-corrected chi connectivity index (χ1v) is 11.1. The molecule has 0 aliphatic rings. The summed E-state index contributed by atoms with van der Waals surface area (Å²) in [6, 6.07) is 22.2. The minimum absolute atomic E-state index is 0.235. The maximum Gasteiger partial charge on any atom is 0.239 e. The lowest BCUT2D eigenvalue weighted by Gasteiger charge is -2.13. The molecule has 29 heavy (non-hydrogen) atoms. The molecule has 3 aromatic carbocycles. The number of carbonyl (C=O) groups excluding carboxylic acids is 1. The van der Waals surface area contributed by atoms with E-state index in [0.29, 0.717) is 12.1 Å². The first kappa shape index (κ1) is 19.2. The molecule has 6 heteroatoms. The molecule has 4 aromatic rings. The SMILES string of the molecule is CC(=O)NS(=O)(=O)Cc1ccc2c3ccccc3n(Cc3ccccc3)c2c1C. The van der Waals surface area contributed by atoms with E-state index in [-0.39, 0.29) is 5.75 Å². The van der Waals surface area contributed by atoms with Crippen molar-refractivity contribution in [1.29, 1.82) is 0 Å². The number of para-hydroxylation sites is 1. The van der Waals surface area contributed by atoms with Crippen molar-refractivity contribution < 1.29 is 13.2 Å². The van der Waals surface area contributed by atoms with Crippen LogP contribution in [0.3, 0.4) is 0 Å². The molecule has 1 aromatic heterocycles. The van der Waals surface area contributed by atoms with Gasteiger partial charge in [0.25, 0.3) is 0 Å². The predicted molar refractivity (Wildman–Crippen MR) is 116 cm³/mol. The molecule has 0 spiro atoms. The van der Waals surface area contributed by atoms with Crippen molar-refractivity contribution in [3.05, 3.63) is 83.4 Å². The highest BCUT2D eigenvalue weighted by Gasteiger charge is 2.19. The van der Waals surface area contributed by atoms with Gasteiger partial charge in [-0.25, -0.2) is 8.42 Å².